The van der Waals surface area contributed by atoms with Gasteiger partial charge in [0.25, 0.3) is 0 Å². The smallest absolute Gasteiger partial charge is 0.247 e. The first-order chi connectivity index (χ1) is 17.6. The second kappa shape index (κ2) is 10.7. The SMILES string of the molecule is O=C(NCc1ccco1)[C@H](c1ccccc1F)N(C[C@@H]1CCCO1)C(=O)Cn1nnc2ccccc21. The molecule has 36 heavy (non-hydrogen) atoms. The van der Waals surface area contributed by atoms with Gasteiger partial charge >= 0.3 is 0 Å². The number of benzene rings is 2. The van der Waals surface area contributed by atoms with E-state index in [1.807, 2.05) is 18.2 Å². The highest BCUT2D eigenvalue weighted by Crippen LogP contribution is 2.27. The zero-order valence-corrected chi connectivity index (χ0v) is 19.5. The molecule has 0 saturated carbocycles. The lowest BCUT2D eigenvalue weighted by molar-refractivity contribution is -0.143. The fraction of sp³-hybridized carbons (Fsp3) is 0.308. The van der Waals surface area contributed by atoms with Gasteiger partial charge in [0, 0.05) is 18.7 Å². The van der Waals surface area contributed by atoms with E-state index in [1.54, 1.807) is 30.3 Å². The number of rotatable bonds is 9. The third-order valence-electron chi connectivity index (χ3n) is 6.23. The number of halogens is 1. The predicted molar refractivity (Wildman–Crippen MR) is 128 cm³/mol. The Labute approximate surface area is 206 Å². The molecule has 4 aromatic rings. The van der Waals surface area contributed by atoms with E-state index in [-0.39, 0.29) is 31.3 Å². The summed E-state index contributed by atoms with van der Waals surface area (Å²) in [5, 5.41) is 11.0. The van der Waals surface area contributed by atoms with Crippen LogP contribution in [0.2, 0.25) is 0 Å². The first-order valence-electron chi connectivity index (χ1n) is 11.8. The molecule has 1 saturated heterocycles. The molecule has 1 fully saturated rings. The number of carbonyl (C=O) groups excluding carboxylic acids is 2. The second-order valence-electron chi connectivity index (χ2n) is 8.64. The minimum atomic E-state index is -1.22. The van der Waals surface area contributed by atoms with E-state index in [0.29, 0.717) is 23.4 Å². The highest BCUT2D eigenvalue weighted by molar-refractivity contribution is 5.89. The van der Waals surface area contributed by atoms with Gasteiger partial charge in [-0.2, -0.15) is 0 Å². The standard InChI is InChI=1S/C26H26FN5O4/c27-21-10-2-1-9-20(21)25(26(34)28-15-18-7-5-13-35-18)31(16-19-8-6-14-36-19)24(33)17-32-23-12-4-3-11-22(23)29-30-32/h1-5,7,9-13,19,25H,6,8,14-17H2,(H,28,34)/t19-,25-/m0/s1. The molecule has 0 radical (unpaired) electrons. The van der Waals surface area contributed by atoms with Crippen LogP contribution < -0.4 is 5.32 Å². The number of fused-ring (bicyclic) bond motifs is 1. The minimum absolute atomic E-state index is 0.101. The molecular formula is C26H26FN5O4. The fourth-order valence-electron chi connectivity index (χ4n) is 4.44. The maximum absolute atomic E-state index is 15.0. The van der Waals surface area contributed by atoms with Crippen LogP contribution >= 0.6 is 0 Å². The molecule has 186 valence electrons. The van der Waals surface area contributed by atoms with Gasteiger partial charge in [-0.3, -0.25) is 9.59 Å². The number of ether oxygens (including phenoxy) is 1. The van der Waals surface area contributed by atoms with Crippen LogP contribution in [0.15, 0.2) is 71.3 Å². The largest absolute Gasteiger partial charge is 0.467 e. The van der Waals surface area contributed by atoms with E-state index in [0.717, 1.165) is 12.8 Å². The molecule has 0 unspecified atom stereocenters. The summed E-state index contributed by atoms with van der Waals surface area (Å²) in [4.78, 5) is 28.7. The van der Waals surface area contributed by atoms with E-state index in [9.17, 15) is 9.59 Å². The summed E-state index contributed by atoms with van der Waals surface area (Å²) in [7, 11) is 0. The van der Waals surface area contributed by atoms with Crippen molar-refractivity contribution in [3.05, 3.63) is 84.1 Å². The average molecular weight is 492 g/mol. The molecule has 1 aliphatic rings. The summed E-state index contributed by atoms with van der Waals surface area (Å²) in [6, 6.07) is 15.5. The first kappa shape index (κ1) is 23.7. The van der Waals surface area contributed by atoms with E-state index >= 15 is 4.39 Å². The average Bonchev–Trinajstić information content (AvgIpc) is 3.67. The summed E-state index contributed by atoms with van der Waals surface area (Å²) >= 11 is 0. The molecule has 2 atom stereocenters. The van der Waals surface area contributed by atoms with Crippen molar-refractivity contribution in [2.45, 2.75) is 38.1 Å². The number of hydrogen-bond donors (Lipinski definition) is 1. The first-order valence-corrected chi connectivity index (χ1v) is 11.8. The Morgan fingerprint density at radius 1 is 1.14 bits per heavy atom. The van der Waals surface area contributed by atoms with Crippen molar-refractivity contribution >= 4 is 22.8 Å². The Bertz CT molecular complexity index is 1330. The fourth-order valence-corrected chi connectivity index (χ4v) is 4.44. The zero-order valence-electron chi connectivity index (χ0n) is 19.5. The van der Waals surface area contributed by atoms with E-state index in [2.05, 4.69) is 15.6 Å². The molecule has 0 spiro atoms. The Balaban J connectivity index is 1.48. The molecule has 5 rings (SSSR count). The predicted octanol–water partition coefficient (Wildman–Crippen LogP) is 3.23. The summed E-state index contributed by atoms with van der Waals surface area (Å²) in [5.74, 6) is -0.956. The molecule has 1 N–H and O–H groups in total. The van der Waals surface area contributed by atoms with Crippen LogP contribution in [-0.4, -0.2) is 51.0 Å². The van der Waals surface area contributed by atoms with Crippen molar-refractivity contribution in [3.63, 3.8) is 0 Å². The summed E-state index contributed by atoms with van der Waals surface area (Å²) in [5.41, 5.74) is 1.44. The highest BCUT2D eigenvalue weighted by Gasteiger charge is 2.36. The molecular weight excluding hydrogens is 465 g/mol. The van der Waals surface area contributed by atoms with Crippen LogP contribution in [0.25, 0.3) is 11.0 Å². The number of para-hydroxylation sites is 1. The lowest BCUT2D eigenvalue weighted by Crippen LogP contribution is -2.48. The normalized spacial score (nSPS) is 16.2. The molecule has 9 nitrogen and oxygen atoms in total. The Kier molecular flexibility index (Phi) is 7.03. The number of hydrogen-bond acceptors (Lipinski definition) is 6. The van der Waals surface area contributed by atoms with E-state index in [4.69, 9.17) is 9.15 Å². The number of nitrogens with zero attached hydrogens (tertiary/aromatic N) is 4. The quantitative estimate of drug-likeness (QED) is 0.386. The van der Waals surface area contributed by atoms with E-state index in [1.165, 1.54) is 28.0 Å². The number of amides is 2. The highest BCUT2D eigenvalue weighted by atomic mass is 19.1. The van der Waals surface area contributed by atoms with Crippen LogP contribution in [0.4, 0.5) is 4.39 Å². The topological polar surface area (TPSA) is 102 Å². The lowest BCUT2D eigenvalue weighted by atomic mass is 10.0. The van der Waals surface area contributed by atoms with Crippen LogP contribution in [0.3, 0.4) is 0 Å². The van der Waals surface area contributed by atoms with Crippen molar-refractivity contribution in [3.8, 4) is 0 Å². The lowest BCUT2D eigenvalue weighted by Gasteiger charge is -2.33. The third kappa shape index (κ3) is 5.13. The second-order valence-corrected chi connectivity index (χ2v) is 8.64. The molecule has 2 aromatic heterocycles. The molecule has 10 heteroatoms. The molecule has 0 aliphatic carbocycles. The molecule has 3 heterocycles. The maximum atomic E-state index is 15.0. The van der Waals surface area contributed by atoms with Crippen molar-refractivity contribution in [1.82, 2.24) is 25.2 Å². The number of aromatic nitrogens is 3. The summed E-state index contributed by atoms with van der Waals surface area (Å²) in [6.07, 6.45) is 2.85. The molecule has 2 aromatic carbocycles. The number of carbonyl (C=O) groups is 2. The van der Waals surface area contributed by atoms with Crippen molar-refractivity contribution in [2.24, 2.45) is 0 Å². The Morgan fingerprint density at radius 3 is 2.75 bits per heavy atom. The van der Waals surface area contributed by atoms with Crippen LogP contribution in [0, 0.1) is 5.82 Å². The van der Waals surface area contributed by atoms with Gasteiger partial charge in [-0.1, -0.05) is 35.5 Å². The van der Waals surface area contributed by atoms with Gasteiger partial charge in [-0.05, 0) is 43.2 Å². The molecule has 1 aliphatic heterocycles. The van der Waals surface area contributed by atoms with Gasteiger partial charge < -0.3 is 19.4 Å². The third-order valence-corrected chi connectivity index (χ3v) is 6.23. The van der Waals surface area contributed by atoms with Crippen LogP contribution in [0.1, 0.15) is 30.2 Å². The zero-order chi connectivity index (χ0) is 24.9. The molecule has 2 amide bonds. The summed E-state index contributed by atoms with van der Waals surface area (Å²) in [6.45, 7) is 0.657. The number of nitrogens with one attached hydrogen (secondary N) is 1. The van der Waals surface area contributed by atoms with Crippen molar-refractivity contribution in [1.29, 1.82) is 0 Å². The van der Waals surface area contributed by atoms with Gasteiger partial charge in [0.1, 0.15) is 29.7 Å². The van der Waals surface area contributed by atoms with Gasteiger partial charge in [0.05, 0.1) is 24.4 Å². The van der Waals surface area contributed by atoms with Crippen LogP contribution in [0.5, 0.6) is 0 Å². The molecule has 0 bridgehead atoms. The van der Waals surface area contributed by atoms with Crippen molar-refractivity contribution in [2.75, 3.05) is 13.2 Å². The van der Waals surface area contributed by atoms with Gasteiger partial charge in [0.15, 0.2) is 0 Å². The van der Waals surface area contributed by atoms with Crippen molar-refractivity contribution < 1.29 is 23.1 Å². The minimum Gasteiger partial charge on any atom is -0.467 e. The maximum Gasteiger partial charge on any atom is 0.247 e. The monoisotopic (exact) mass is 491 g/mol. The summed E-state index contributed by atoms with van der Waals surface area (Å²) < 4.78 is 27.6. The van der Waals surface area contributed by atoms with Gasteiger partial charge in [-0.25, -0.2) is 9.07 Å². The van der Waals surface area contributed by atoms with E-state index < -0.39 is 23.7 Å². The van der Waals surface area contributed by atoms with Gasteiger partial charge in [0.2, 0.25) is 11.8 Å². The Hall–Kier alpha value is -4.05. The Morgan fingerprint density at radius 2 is 1.97 bits per heavy atom. The number of furan rings is 1. The van der Waals surface area contributed by atoms with Crippen LogP contribution in [-0.2, 0) is 27.4 Å². The van der Waals surface area contributed by atoms with Gasteiger partial charge in [-0.15, -0.1) is 5.10 Å².